The number of hydrogen-bond acceptors (Lipinski definition) is 5. The molecule has 1 amide bonds. The Kier molecular flexibility index (Phi) is 9.59. The van der Waals surface area contributed by atoms with Gasteiger partial charge >= 0.3 is 0 Å². The van der Waals surface area contributed by atoms with E-state index in [1.54, 1.807) is 52.3 Å². The number of carbonyl (C=O) groups excluding carboxylic acids is 1. The number of methoxy groups -OCH3 is 2. The zero-order valence-corrected chi connectivity index (χ0v) is 23.4. The SMILES string of the molecule is COc1ccc(CCNC(=O)CN(Cc2ccc(Cl)cc2)S(=O)(=O)c2c(C)cc(C)cc2C)cc1OC. The highest BCUT2D eigenvalue weighted by Crippen LogP contribution is 2.28. The summed E-state index contributed by atoms with van der Waals surface area (Å²) in [6.07, 6.45) is 0.548. The van der Waals surface area contributed by atoms with E-state index >= 15 is 0 Å². The van der Waals surface area contributed by atoms with Gasteiger partial charge in [-0.3, -0.25) is 4.79 Å². The van der Waals surface area contributed by atoms with Crippen LogP contribution in [0.1, 0.15) is 27.8 Å². The van der Waals surface area contributed by atoms with Crippen LogP contribution >= 0.6 is 11.6 Å². The average molecular weight is 545 g/mol. The van der Waals surface area contributed by atoms with Gasteiger partial charge in [-0.15, -0.1) is 0 Å². The number of amides is 1. The third kappa shape index (κ3) is 7.25. The maximum absolute atomic E-state index is 13.8. The van der Waals surface area contributed by atoms with E-state index in [0.717, 1.165) is 16.7 Å². The molecule has 0 aliphatic carbocycles. The molecule has 37 heavy (non-hydrogen) atoms. The topological polar surface area (TPSA) is 84.9 Å². The first-order chi connectivity index (χ1) is 17.5. The summed E-state index contributed by atoms with van der Waals surface area (Å²) in [5.41, 5.74) is 3.95. The monoisotopic (exact) mass is 544 g/mol. The summed E-state index contributed by atoms with van der Waals surface area (Å²) in [6, 6.07) is 16.2. The normalized spacial score (nSPS) is 11.4. The first kappa shape index (κ1) is 28.5. The van der Waals surface area contributed by atoms with Gasteiger partial charge in [0.05, 0.1) is 25.7 Å². The van der Waals surface area contributed by atoms with Crippen molar-refractivity contribution < 1.29 is 22.7 Å². The number of ether oxygens (including phenoxy) is 2. The molecule has 3 aromatic carbocycles. The largest absolute Gasteiger partial charge is 0.493 e. The Balaban J connectivity index is 1.79. The number of aryl methyl sites for hydroxylation is 3. The van der Waals surface area contributed by atoms with Crippen LogP contribution in [0.15, 0.2) is 59.5 Å². The Hall–Kier alpha value is -3.07. The summed E-state index contributed by atoms with van der Waals surface area (Å²) in [4.78, 5) is 13.2. The molecule has 1 N–H and O–H groups in total. The Morgan fingerprint density at radius 1 is 0.892 bits per heavy atom. The van der Waals surface area contributed by atoms with E-state index in [2.05, 4.69) is 5.32 Å². The van der Waals surface area contributed by atoms with E-state index in [0.29, 0.717) is 40.6 Å². The number of halogens is 1. The Bertz CT molecular complexity index is 1330. The number of sulfonamides is 1. The van der Waals surface area contributed by atoms with Crippen LogP contribution in [0.25, 0.3) is 0 Å². The fraction of sp³-hybridized carbons (Fsp3) is 0.321. The minimum Gasteiger partial charge on any atom is -0.493 e. The van der Waals surface area contributed by atoms with Crippen molar-refractivity contribution in [2.24, 2.45) is 0 Å². The second kappa shape index (κ2) is 12.4. The summed E-state index contributed by atoms with van der Waals surface area (Å²) < 4.78 is 39.4. The second-order valence-corrected chi connectivity index (χ2v) is 11.2. The highest BCUT2D eigenvalue weighted by atomic mass is 35.5. The molecule has 0 bridgehead atoms. The lowest BCUT2D eigenvalue weighted by Crippen LogP contribution is -2.41. The average Bonchev–Trinajstić information content (AvgIpc) is 2.84. The van der Waals surface area contributed by atoms with E-state index in [9.17, 15) is 13.2 Å². The van der Waals surface area contributed by atoms with E-state index in [1.165, 1.54) is 4.31 Å². The standard InChI is InChI=1S/C28H33ClN2O5S/c1-19-14-20(2)28(21(3)15-19)37(33,34)31(17-23-6-9-24(29)10-7-23)18-27(32)30-13-12-22-8-11-25(35-4)26(16-22)36-5/h6-11,14-16H,12-13,17-18H2,1-5H3,(H,30,32). The van der Waals surface area contributed by atoms with E-state index in [4.69, 9.17) is 21.1 Å². The summed E-state index contributed by atoms with van der Waals surface area (Å²) >= 11 is 6.01. The highest BCUT2D eigenvalue weighted by molar-refractivity contribution is 7.89. The summed E-state index contributed by atoms with van der Waals surface area (Å²) in [6.45, 7) is 5.53. The molecule has 0 aliphatic heterocycles. The van der Waals surface area contributed by atoms with Gasteiger partial charge < -0.3 is 14.8 Å². The van der Waals surface area contributed by atoms with Crippen LogP contribution in [-0.4, -0.2) is 45.9 Å². The van der Waals surface area contributed by atoms with Crippen LogP contribution in [0.3, 0.4) is 0 Å². The number of rotatable bonds is 11. The van der Waals surface area contributed by atoms with Gasteiger partial charge in [-0.1, -0.05) is 47.5 Å². The molecular formula is C28H33ClN2O5S. The smallest absolute Gasteiger partial charge is 0.244 e. The molecule has 0 spiro atoms. The number of carbonyl (C=O) groups is 1. The van der Waals surface area contributed by atoms with Crippen molar-refractivity contribution in [2.75, 3.05) is 27.3 Å². The summed E-state index contributed by atoms with van der Waals surface area (Å²) in [5, 5.41) is 3.40. The lowest BCUT2D eigenvalue weighted by atomic mass is 10.1. The zero-order valence-electron chi connectivity index (χ0n) is 21.8. The van der Waals surface area contributed by atoms with E-state index in [-0.39, 0.29) is 23.9 Å². The van der Waals surface area contributed by atoms with E-state index < -0.39 is 10.0 Å². The molecule has 0 saturated carbocycles. The van der Waals surface area contributed by atoms with Crippen LogP contribution in [0, 0.1) is 20.8 Å². The lowest BCUT2D eigenvalue weighted by Gasteiger charge is -2.24. The maximum atomic E-state index is 13.8. The van der Waals surface area contributed by atoms with Gasteiger partial charge in [0.15, 0.2) is 11.5 Å². The van der Waals surface area contributed by atoms with Crippen molar-refractivity contribution in [3.63, 3.8) is 0 Å². The quantitative estimate of drug-likeness (QED) is 0.373. The zero-order chi connectivity index (χ0) is 27.2. The van der Waals surface area contributed by atoms with Gasteiger partial charge in [-0.05, 0) is 73.7 Å². The number of benzene rings is 3. The van der Waals surface area contributed by atoms with Crippen LogP contribution in [-0.2, 0) is 27.8 Å². The van der Waals surface area contributed by atoms with Crippen molar-refractivity contribution in [1.82, 2.24) is 9.62 Å². The molecule has 0 heterocycles. The molecule has 0 aliphatic rings. The fourth-order valence-corrected chi connectivity index (χ4v) is 6.24. The molecule has 0 unspecified atom stereocenters. The highest BCUT2D eigenvalue weighted by Gasteiger charge is 2.30. The van der Waals surface area contributed by atoms with Crippen molar-refractivity contribution in [3.8, 4) is 11.5 Å². The van der Waals surface area contributed by atoms with Crippen molar-refractivity contribution in [3.05, 3.63) is 87.4 Å². The molecule has 0 fully saturated rings. The molecule has 0 radical (unpaired) electrons. The molecular weight excluding hydrogens is 512 g/mol. The molecule has 3 rings (SSSR count). The van der Waals surface area contributed by atoms with Gasteiger partial charge in [-0.25, -0.2) is 8.42 Å². The van der Waals surface area contributed by atoms with Crippen LogP contribution < -0.4 is 14.8 Å². The van der Waals surface area contributed by atoms with Gasteiger partial charge in [-0.2, -0.15) is 4.31 Å². The van der Waals surface area contributed by atoms with E-state index in [1.807, 2.05) is 37.3 Å². The summed E-state index contributed by atoms with van der Waals surface area (Å²) in [5.74, 6) is 0.843. The number of nitrogens with one attached hydrogen (secondary N) is 1. The first-order valence-corrected chi connectivity index (χ1v) is 13.7. The van der Waals surface area contributed by atoms with Gasteiger partial charge in [0.1, 0.15) is 0 Å². The minimum atomic E-state index is -3.97. The van der Waals surface area contributed by atoms with Crippen LogP contribution in [0.2, 0.25) is 5.02 Å². The fourth-order valence-electron chi connectivity index (χ4n) is 4.32. The van der Waals surface area contributed by atoms with Crippen molar-refractivity contribution in [2.45, 2.75) is 38.6 Å². The molecule has 9 heteroatoms. The van der Waals surface area contributed by atoms with Gasteiger partial charge in [0, 0.05) is 18.1 Å². The third-order valence-electron chi connectivity index (χ3n) is 5.98. The number of hydrogen-bond donors (Lipinski definition) is 1. The predicted molar refractivity (Wildman–Crippen MR) is 146 cm³/mol. The Morgan fingerprint density at radius 2 is 1.49 bits per heavy atom. The Morgan fingerprint density at radius 3 is 2.08 bits per heavy atom. The van der Waals surface area contributed by atoms with Crippen molar-refractivity contribution >= 4 is 27.5 Å². The molecule has 0 saturated heterocycles. The predicted octanol–water partition coefficient (Wildman–Crippen LogP) is 4.83. The van der Waals surface area contributed by atoms with Gasteiger partial charge in [0.2, 0.25) is 15.9 Å². The van der Waals surface area contributed by atoms with Crippen molar-refractivity contribution in [1.29, 1.82) is 0 Å². The molecule has 0 aromatic heterocycles. The first-order valence-electron chi connectivity index (χ1n) is 11.8. The minimum absolute atomic E-state index is 0.0371. The van der Waals surface area contributed by atoms with Gasteiger partial charge in [0.25, 0.3) is 0 Å². The molecule has 198 valence electrons. The lowest BCUT2D eigenvalue weighted by molar-refractivity contribution is -0.121. The molecule has 0 atom stereocenters. The van der Waals surface area contributed by atoms with Crippen LogP contribution in [0.5, 0.6) is 11.5 Å². The third-order valence-corrected chi connectivity index (χ3v) is 8.33. The summed E-state index contributed by atoms with van der Waals surface area (Å²) in [7, 11) is -0.831. The van der Waals surface area contributed by atoms with Crippen LogP contribution in [0.4, 0.5) is 0 Å². The molecule has 3 aromatic rings. The molecule has 7 nitrogen and oxygen atoms in total. The maximum Gasteiger partial charge on any atom is 0.244 e. The second-order valence-electron chi connectivity index (χ2n) is 8.92. The Labute approximate surface area is 224 Å². The number of nitrogens with zero attached hydrogens (tertiary/aromatic N) is 1.